The maximum absolute atomic E-state index is 11.4. The summed E-state index contributed by atoms with van der Waals surface area (Å²) in [7, 11) is -2.87. The lowest BCUT2D eigenvalue weighted by atomic mass is 9.92. The van der Waals surface area contributed by atoms with Crippen LogP contribution < -0.4 is 0 Å². The van der Waals surface area contributed by atoms with Gasteiger partial charge in [-0.2, -0.15) is 0 Å². The second kappa shape index (κ2) is 7.09. The minimum Gasteiger partial charge on any atom is -0.481 e. The molecule has 0 unspecified atom stereocenters. The highest BCUT2D eigenvalue weighted by Gasteiger charge is 2.20. The SMILES string of the molecule is CCS(=O)(=O)CCN1CCC(CCC(=O)O)CC1. The zero-order valence-electron chi connectivity index (χ0n) is 11.0. The summed E-state index contributed by atoms with van der Waals surface area (Å²) in [4.78, 5) is 12.6. The van der Waals surface area contributed by atoms with Gasteiger partial charge in [0.1, 0.15) is 0 Å². The lowest BCUT2D eigenvalue weighted by Gasteiger charge is -2.31. The molecule has 106 valence electrons. The summed E-state index contributed by atoms with van der Waals surface area (Å²) in [5.41, 5.74) is 0. The molecule has 0 spiro atoms. The Morgan fingerprint density at radius 1 is 1.33 bits per heavy atom. The van der Waals surface area contributed by atoms with E-state index in [-0.39, 0.29) is 17.9 Å². The Balaban J connectivity index is 2.21. The van der Waals surface area contributed by atoms with Gasteiger partial charge in [-0.15, -0.1) is 0 Å². The van der Waals surface area contributed by atoms with E-state index in [1.165, 1.54) is 0 Å². The number of likely N-dealkylation sites (tertiary alicyclic amines) is 1. The third kappa shape index (κ3) is 5.82. The van der Waals surface area contributed by atoms with Crippen LogP contribution in [-0.4, -0.2) is 55.5 Å². The summed E-state index contributed by atoms with van der Waals surface area (Å²) in [6.07, 6.45) is 2.96. The van der Waals surface area contributed by atoms with E-state index in [0.717, 1.165) is 32.4 Å². The molecule has 1 heterocycles. The molecule has 1 rings (SSSR count). The summed E-state index contributed by atoms with van der Waals surface area (Å²) in [5.74, 6) is 0.206. The van der Waals surface area contributed by atoms with Crippen molar-refractivity contribution in [2.75, 3.05) is 31.1 Å². The second-order valence-electron chi connectivity index (χ2n) is 4.95. The molecule has 1 fully saturated rings. The van der Waals surface area contributed by atoms with E-state index in [4.69, 9.17) is 5.11 Å². The summed E-state index contributed by atoms with van der Waals surface area (Å²) in [6.45, 7) is 4.07. The van der Waals surface area contributed by atoms with Crippen molar-refractivity contribution in [3.8, 4) is 0 Å². The van der Waals surface area contributed by atoms with Gasteiger partial charge < -0.3 is 10.0 Å². The summed E-state index contributed by atoms with van der Waals surface area (Å²) < 4.78 is 22.8. The smallest absolute Gasteiger partial charge is 0.303 e. The predicted octanol–water partition coefficient (Wildman–Crippen LogP) is 0.998. The predicted molar refractivity (Wildman–Crippen MR) is 70.4 cm³/mol. The fourth-order valence-corrected chi connectivity index (χ4v) is 3.06. The Labute approximate surface area is 109 Å². The average Bonchev–Trinajstić information content (AvgIpc) is 2.35. The fourth-order valence-electron chi connectivity index (χ4n) is 2.24. The Bertz CT molecular complexity index is 358. The van der Waals surface area contributed by atoms with Crippen molar-refractivity contribution in [1.82, 2.24) is 4.90 Å². The Hall–Kier alpha value is -0.620. The lowest BCUT2D eigenvalue weighted by molar-refractivity contribution is -0.137. The van der Waals surface area contributed by atoms with Crippen LogP contribution in [0, 0.1) is 5.92 Å². The van der Waals surface area contributed by atoms with Crippen LogP contribution in [0.1, 0.15) is 32.6 Å². The molecule has 1 aliphatic heterocycles. The molecule has 0 bridgehead atoms. The maximum atomic E-state index is 11.4. The molecule has 0 atom stereocenters. The van der Waals surface area contributed by atoms with Crippen LogP contribution in [0.3, 0.4) is 0 Å². The van der Waals surface area contributed by atoms with Gasteiger partial charge >= 0.3 is 5.97 Å². The largest absolute Gasteiger partial charge is 0.481 e. The van der Waals surface area contributed by atoms with Gasteiger partial charge in [0.05, 0.1) is 5.75 Å². The first-order chi connectivity index (χ1) is 8.43. The molecule has 18 heavy (non-hydrogen) atoms. The van der Waals surface area contributed by atoms with Gasteiger partial charge in [0.2, 0.25) is 0 Å². The van der Waals surface area contributed by atoms with Crippen molar-refractivity contribution >= 4 is 15.8 Å². The molecule has 6 heteroatoms. The van der Waals surface area contributed by atoms with Crippen LogP contribution in [0.2, 0.25) is 0 Å². The lowest BCUT2D eigenvalue weighted by Crippen LogP contribution is -2.37. The van der Waals surface area contributed by atoms with E-state index in [0.29, 0.717) is 12.5 Å². The van der Waals surface area contributed by atoms with Crippen molar-refractivity contribution in [3.05, 3.63) is 0 Å². The number of carboxylic acids is 1. The third-order valence-corrected chi connectivity index (χ3v) is 5.32. The summed E-state index contributed by atoms with van der Waals surface area (Å²) in [5, 5.41) is 8.62. The third-order valence-electron chi connectivity index (χ3n) is 3.63. The minimum atomic E-state index is -2.87. The van der Waals surface area contributed by atoms with E-state index >= 15 is 0 Å². The van der Waals surface area contributed by atoms with Crippen molar-refractivity contribution in [2.45, 2.75) is 32.6 Å². The zero-order chi connectivity index (χ0) is 13.6. The number of nitrogens with zero attached hydrogens (tertiary/aromatic N) is 1. The number of aliphatic carboxylic acids is 1. The van der Waals surface area contributed by atoms with E-state index < -0.39 is 15.8 Å². The number of hydrogen-bond acceptors (Lipinski definition) is 4. The van der Waals surface area contributed by atoms with E-state index in [1.54, 1.807) is 6.92 Å². The molecule has 0 saturated carbocycles. The van der Waals surface area contributed by atoms with Crippen LogP contribution in [0.5, 0.6) is 0 Å². The van der Waals surface area contributed by atoms with Crippen molar-refractivity contribution in [3.63, 3.8) is 0 Å². The molecule has 0 amide bonds. The molecule has 0 aromatic heterocycles. The van der Waals surface area contributed by atoms with Gasteiger partial charge in [-0.3, -0.25) is 4.79 Å². The topological polar surface area (TPSA) is 74.7 Å². The molecule has 5 nitrogen and oxygen atoms in total. The molecule has 1 saturated heterocycles. The van der Waals surface area contributed by atoms with E-state index in [1.807, 2.05) is 0 Å². The molecule has 0 aromatic carbocycles. The number of carboxylic acid groups (broad SMARTS) is 1. The van der Waals surface area contributed by atoms with Gasteiger partial charge in [-0.1, -0.05) is 6.92 Å². The van der Waals surface area contributed by atoms with Gasteiger partial charge in [-0.05, 0) is 38.3 Å². The first-order valence-corrected chi connectivity index (χ1v) is 8.39. The molecule has 1 aliphatic rings. The normalized spacial score (nSPS) is 18.9. The van der Waals surface area contributed by atoms with E-state index in [9.17, 15) is 13.2 Å². The van der Waals surface area contributed by atoms with Crippen LogP contribution in [0.4, 0.5) is 0 Å². The first-order valence-electron chi connectivity index (χ1n) is 6.57. The van der Waals surface area contributed by atoms with Gasteiger partial charge in [-0.25, -0.2) is 8.42 Å². The number of carbonyl (C=O) groups is 1. The zero-order valence-corrected chi connectivity index (χ0v) is 11.8. The number of sulfone groups is 1. The van der Waals surface area contributed by atoms with Crippen molar-refractivity contribution in [1.29, 1.82) is 0 Å². The second-order valence-corrected chi connectivity index (χ2v) is 7.43. The van der Waals surface area contributed by atoms with Crippen LogP contribution in [-0.2, 0) is 14.6 Å². The number of rotatable bonds is 7. The molecule has 0 aliphatic carbocycles. The first kappa shape index (κ1) is 15.4. The molecular formula is C12H23NO4S. The van der Waals surface area contributed by atoms with Crippen LogP contribution in [0.25, 0.3) is 0 Å². The van der Waals surface area contributed by atoms with Gasteiger partial charge in [0, 0.05) is 18.7 Å². The highest BCUT2D eigenvalue weighted by atomic mass is 32.2. The molecule has 1 N–H and O–H groups in total. The van der Waals surface area contributed by atoms with Crippen molar-refractivity contribution in [2.24, 2.45) is 5.92 Å². The minimum absolute atomic E-state index is 0.210. The van der Waals surface area contributed by atoms with Gasteiger partial charge in [0.15, 0.2) is 9.84 Å². The Morgan fingerprint density at radius 3 is 2.44 bits per heavy atom. The average molecular weight is 277 g/mol. The Kier molecular flexibility index (Phi) is 6.08. The summed E-state index contributed by atoms with van der Waals surface area (Å²) in [6, 6.07) is 0. The highest BCUT2D eigenvalue weighted by molar-refractivity contribution is 7.91. The molecule has 0 radical (unpaired) electrons. The number of hydrogen-bond donors (Lipinski definition) is 1. The van der Waals surface area contributed by atoms with Crippen LogP contribution in [0.15, 0.2) is 0 Å². The quantitative estimate of drug-likeness (QED) is 0.751. The monoisotopic (exact) mass is 277 g/mol. The van der Waals surface area contributed by atoms with Crippen molar-refractivity contribution < 1.29 is 18.3 Å². The van der Waals surface area contributed by atoms with Crippen LogP contribution >= 0.6 is 0 Å². The maximum Gasteiger partial charge on any atom is 0.303 e. The van der Waals surface area contributed by atoms with E-state index in [2.05, 4.69) is 4.90 Å². The fraction of sp³-hybridized carbons (Fsp3) is 0.917. The highest BCUT2D eigenvalue weighted by Crippen LogP contribution is 2.21. The molecular weight excluding hydrogens is 254 g/mol. The Morgan fingerprint density at radius 2 is 1.94 bits per heavy atom. The van der Waals surface area contributed by atoms with Gasteiger partial charge in [0.25, 0.3) is 0 Å². The number of piperidine rings is 1. The summed E-state index contributed by atoms with van der Waals surface area (Å²) >= 11 is 0. The molecule has 0 aromatic rings. The standard InChI is InChI=1S/C12H23NO4S/c1-2-18(16,17)10-9-13-7-5-11(6-8-13)3-4-12(14)15/h11H,2-10H2,1H3,(H,14,15).